The minimum atomic E-state index is -0.755. The number of allylic oxidation sites excluding steroid dienone is 3. The average molecular weight is 574 g/mol. The first-order chi connectivity index (χ1) is 20.8. The van der Waals surface area contributed by atoms with E-state index in [2.05, 4.69) is 77.3 Å². The topological polar surface area (TPSA) is 75.9 Å². The normalized spacial score (nSPS) is 19.9. The Morgan fingerprint density at radius 3 is 2.37 bits per heavy atom. The monoisotopic (exact) mass is 573 g/mol. The number of hydrogen-bond acceptors (Lipinski definition) is 6. The number of Topliss-reactive ketones (excluding diaryl/α,β-unsaturated/α-hetero) is 2. The van der Waals surface area contributed by atoms with Gasteiger partial charge in [0, 0.05) is 79.5 Å². The third-order valence-corrected chi connectivity index (χ3v) is 8.93. The molecule has 0 bridgehead atoms. The second-order valence-corrected chi connectivity index (χ2v) is 12.7. The minimum Gasteiger partial charge on any atom is -0.444 e. The van der Waals surface area contributed by atoms with Crippen molar-refractivity contribution in [3.63, 3.8) is 0 Å². The van der Waals surface area contributed by atoms with E-state index in [4.69, 9.17) is 4.74 Å². The number of benzene rings is 3. The van der Waals surface area contributed by atoms with E-state index in [0.717, 1.165) is 49.7 Å². The molecule has 0 radical (unpaired) electrons. The van der Waals surface area contributed by atoms with Crippen molar-refractivity contribution in [3.05, 3.63) is 113 Å². The fourth-order valence-electron chi connectivity index (χ4n) is 6.46. The lowest BCUT2D eigenvalue weighted by atomic mass is 9.72. The number of nitrogens with one attached hydrogen (secondary N) is 2. The maximum atomic E-state index is 14.0. The molecule has 2 aliphatic heterocycles. The summed E-state index contributed by atoms with van der Waals surface area (Å²) in [5, 5.41) is 3.54. The van der Waals surface area contributed by atoms with Crippen LogP contribution in [0.3, 0.4) is 0 Å². The predicted molar refractivity (Wildman–Crippen MR) is 168 cm³/mol. The van der Waals surface area contributed by atoms with Crippen LogP contribution in [-0.4, -0.2) is 61.4 Å². The zero-order valence-corrected chi connectivity index (χ0v) is 24.9. The Hall–Kier alpha value is -4.49. The van der Waals surface area contributed by atoms with Crippen LogP contribution in [0, 0.1) is 5.92 Å². The summed E-state index contributed by atoms with van der Waals surface area (Å²) in [6.07, 6.45) is 1.90. The van der Waals surface area contributed by atoms with E-state index in [0.29, 0.717) is 40.4 Å². The standard InChI is InChI=1S/C36H36N4O3/c1-36(2,3)23-13-14-27-29(21-23)43-30-22-28(37-15-16-39-17-19-40(20-18-39)24-9-5-4-6-10-24)31-32(33(30)38-27)35(42)26-12-8-7-11-25(26)34(31)41/h4-14,21-22,32,37H,15-20H2,1-3H3/p+1. The minimum absolute atomic E-state index is 0.0365. The molecule has 7 heteroatoms. The van der Waals surface area contributed by atoms with Gasteiger partial charge in [0.25, 0.3) is 0 Å². The predicted octanol–water partition coefficient (Wildman–Crippen LogP) is 3.79. The van der Waals surface area contributed by atoms with Crippen LogP contribution in [0.15, 0.2) is 95.9 Å². The Morgan fingerprint density at radius 1 is 0.907 bits per heavy atom. The zero-order chi connectivity index (χ0) is 29.7. The number of anilines is 1. The lowest BCUT2D eigenvalue weighted by Gasteiger charge is -2.36. The highest BCUT2D eigenvalue weighted by Gasteiger charge is 2.49. The van der Waals surface area contributed by atoms with Crippen LogP contribution in [0.4, 0.5) is 11.4 Å². The van der Waals surface area contributed by atoms with Crippen LogP contribution >= 0.6 is 0 Å². The van der Waals surface area contributed by atoms with Crippen LogP contribution in [0.25, 0.3) is 0 Å². The van der Waals surface area contributed by atoms with E-state index in [1.807, 2.05) is 30.3 Å². The molecule has 218 valence electrons. The van der Waals surface area contributed by atoms with Crippen molar-refractivity contribution >= 4 is 28.7 Å². The zero-order valence-electron chi connectivity index (χ0n) is 24.9. The highest BCUT2D eigenvalue weighted by Crippen LogP contribution is 2.39. The number of piperazine rings is 1. The maximum absolute atomic E-state index is 14.0. The number of ketones is 2. The Morgan fingerprint density at radius 2 is 1.63 bits per heavy atom. The second-order valence-electron chi connectivity index (χ2n) is 12.7. The van der Waals surface area contributed by atoms with Gasteiger partial charge in [-0.2, -0.15) is 0 Å². The van der Waals surface area contributed by atoms with Gasteiger partial charge in [-0.1, -0.05) is 69.3 Å². The molecule has 0 amide bonds. The molecule has 4 aliphatic rings. The number of carbonyl (C=O) groups is 2. The van der Waals surface area contributed by atoms with E-state index >= 15 is 0 Å². The highest BCUT2D eigenvalue weighted by molar-refractivity contribution is 6.32. The first-order valence-corrected chi connectivity index (χ1v) is 15.1. The Kier molecular flexibility index (Phi) is 6.78. The van der Waals surface area contributed by atoms with Gasteiger partial charge < -0.3 is 15.0 Å². The molecule has 0 saturated carbocycles. The number of para-hydroxylation sites is 1. The molecule has 2 heterocycles. The lowest BCUT2D eigenvalue weighted by Crippen LogP contribution is -2.72. The summed E-state index contributed by atoms with van der Waals surface area (Å²) in [5.41, 5.74) is 5.88. The summed E-state index contributed by atoms with van der Waals surface area (Å²) in [6, 6.07) is 23.8. The van der Waals surface area contributed by atoms with Gasteiger partial charge in [0.05, 0.1) is 0 Å². The molecule has 2 N–H and O–H groups in total. The summed E-state index contributed by atoms with van der Waals surface area (Å²) in [6.45, 7) is 11.9. The van der Waals surface area contributed by atoms with E-state index < -0.39 is 5.92 Å². The largest absolute Gasteiger partial charge is 0.444 e. The molecule has 1 saturated heterocycles. The van der Waals surface area contributed by atoms with Gasteiger partial charge in [-0.25, -0.2) is 4.99 Å². The number of fused-ring (bicyclic) bond motifs is 5. The Balaban J connectivity index is 1.16. The third-order valence-electron chi connectivity index (χ3n) is 8.93. The number of ether oxygens (including phenoxy) is 1. The summed E-state index contributed by atoms with van der Waals surface area (Å²) in [7, 11) is 0. The molecule has 1 atom stereocenters. The first kappa shape index (κ1) is 27.3. The van der Waals surface area contributed by atoms with E-state index in [1.165, 1.54) is 5.69 Å². The molecular weight excluding hydrogens is 536 g/mol. The summed E-state index contributed by atoms with van der Waals surface area (Å²) < 4.78 is 6.48. The molecular formula is C36H37N4O3+. The van der Waals surface area contributed by atoms with Gasteiger partial charge in [-0.3, -0.25) is 14.5 Å². The summed E-state index contributed by atoms with van der Waals surface area (Å²) in [4.78, 5) is 36.3. The second kappa shape index (κ2) is 10.7. The molecule has 43 heavy (non-hydrogen) atoms. The van der Waals surface area contributed by atoms with Gasteiger partial charge in [-0.15, -0.1) is 0 Å². The van der Waals surface area contributed by atoms with Crippen molar-refractivity contribution in [1.82, 2.24) is 10.2 Å². The fourth-order valence-corrected chi connectivity index (χ4v) is 6.46. The number of rotatable bonds is 5. The quantitative estimate of drug-likeness (QED) is 0.484. The van der Waals surface area contributed by atoms with Gasteiger partial charge in [0.15, 0.2) is 23.1 Å². The van der Waals surface area contributed by atoms with Crippen LogP contribution in [0.1, 0.15) is 47.1 Å². The van der Waals surface area contributed by atoms with Crippen molar-refractivity contribution in [2.75, 3.05) is 44.2 Å². The molecule has 1 fully saturated rings. The Bertz CT molecular complexity index is 1710. The van der Waals surface area contributed by atoms with E-state index in [-0.39, 0.29) is 17.0 Å². The van der Waals surface area contributed by atoms with Crippen molar-refractivity contribution in [1.29, 1.82) is 0 Å². The van der Waals surface area contributed by atoms with E-state index in [9.17, 15) is 9.59 Å². The number of carbonyl (C=O) groups excluding carboxylic acids is 2. The molecule has 7 nitrogen and oxygen atoms in total. The van der Waals surface area contributed by atoms with Crippen LogP contribution < -0.4 is 19.9 Å². The lowest BCUT2D eigenvalue weighted by molar-refractivity contribution is -0.361. The number of nitrogens with zero attached hydrogens (tertiary/aromatic N) is 2. The smallest absolute Gasteiger partial charge is 0.246 e. The van der Waals surface area contributed by atoms with E-state index in [1.54, 1.807) is 12.1 Å². The molecule has 7 rings (SSSR count). The van der Waals surface area contributed by atoms with Crippen molar-refractivity contribution in [2.45, 2.75) is 26.2 Å². The SMILES string of the molecule is CC(C)(C)c1ccc2c(c1)OC1=CC(NCCN3CCN(c4ccccc4)CC3)=C3C(=O)c4ccccc4C(=O)C3C1=[NH+]2. The molecule has 0 aromatic heterocycles. The van der Waals surface area contributed by atoms with Crippen LogP contribution in [0.2, 0.25) is 0 Å². The number of hydrogen-bond donors (Lipinski definition) is 2. The molecule has 0 spiro atoms. The van der Waals surface area contributed by atoms with Crippen molar-refractivity contribution in [2.24, 2.45) is 5.92 Å². The maximum Gasteiger partial charge on any atom is 0.246 e. The summed E-state index contributed by atoms with van der Waals surface area (Å²) >= 11 is 0. The van der Waals surface area contributed by atoms with Gasteiger partial charge in [0.1, 0.15) is 5.92 Å². The highest BCUT2D eigenvalue weighted by atomic mass is 16.5. The van der Waals surface area contributed by atoms with Gasteiger partial charge in [0.2, 0.25) is 11.4 Å². The third kappa shape index (κ3) is 4.97. The molecule has 3 aromatic carbocycles. The molecule has 2 aliphatic carbocycles. The average Bonchev–Trinajstić information content (AvgIpc) is 3.02. The summed E-state index contributed by atoms with van der Waals surface area (Å²) in [5.74, 6) is 0.337. The fraction of sp³-hybridized carbons (Fsp3) is 0.306. The van der Waals surface area contributed by atoms with Gasteiger partial charge in [-0.05, 0) is 29.2 Å². The van der Waals surface area contributed by atoms with Crippen molar-refractivity contribution < 1.29 is 19.3 Å². The van der Waals surface area contributed by atoms with Crippen LogP contribution in [-0.2, 0) is 5.41 Å². The molecule has 1 unspecified atom stereocenters. The van der Waals surface area contributed by atoms with Crippen molar-refractivity contribution in [3.8, 4) is 5.75 Å². The van der Waals surface area contributed by atoms with Gasteiger partial charge >= 0.3 is 0 Å². The Labute approximate surface area is 252 Å². The molecule has 3 aromatic rings. The van der Waals surface area contributed by atoms with Crippen LogP contribution in [0.5, 0.6) is 5.75 Å². The first-order valence-electron chi connectivity index (χ1n) is 15.1.